The Hall–Kier alpha value is -3.58. The van der Waals surface area contributed by atoms with Crippen LogP contribution in [0.5, 0.6) is 0 Å². The fourth-order valence-corrected chi connectivity index (χ4v) is 11.5. The van der Waals surface area contributed by atoms with Crippen LogP contribution in [-0.4, -0.2) is 10.2 Å². The molecular formula is C30H26N2O2P2. The van der Waals surface area contributed by atoms with Gasteiger partial charge in [0, 0.05) is 21.2 Å². The molecule has 0 aliphatic carbocycles. The first kappa shape index (κ1) is 24.1. The molecule has 0 saturated heterocycles. The van der Waals surface area contributed by atoms with Gasteiger partial charge in [-0.15, -0.1) is 0 Å². The molecule has 4 nitrogen and oxygen atoms in total. The van der Waals surface area contributed by atoms with Gasteiger partial charge in [-0.05, 0) is 13.8 Å². The molecule has 0 aliphatic heterocycles. The van der Waals surface area contributed by atoms with Crippen molar-refractivity contribution >= 4 is 46.1 Å². The maximum atomic E-state index is 15.5. The third-order valence-electron chi connectivity index (χ3n) is 6.37. The van der Waals surface area contributed by atoms with Gasteiger partial charge in [-0.25, -0.2) is 0 Å². The highest BCUT2D eigenvalue weighted by Crippen LogP contribution is 2.49. The molecule has 178 valence electrons. The van der Waals surface area contributed by atoms with E-state index in [9.17, 15) is 0 Å². The highest BCUT2D eigenvalue weighted by molar-refractivity contribution is 7.91. The molecule has 4 aromatic carbocycles. The second-order valence-electron chi connectivity index (χ2n) is 8.63. The van der Waals surface area contributed by atoms with Gasteiger partial charge in [-0.2, -0.15) is 10.2 Å². The number of aryl methyl sites for hydroxylation is 2. The highest BCUT2D eigenvalue weighted by atomic mass is 31.2. The van der Waals surface area contributed by atoms with Gasteiger partial charge < -0.3 is 9.13 Å². The zero-order chi connectivity index (χ0) is 25.2. The summed E-state index contributed by atoms with van der Waals surface area (Å²) < 4.78 is 31.1. The van der Waals surface area contributed by atoms with Gasteiger partial charge >= 0.3 is 0 Å². The minimum Gasteiger partial charge on any atom is -0.309 e. The first-order chi connectivity index (χ1) is 17.5. The Labute approximate surface area is 211 Å². The SMILES string of the molecule is Cc1nnc(C)c(P(=O)(c2ccccc2)c2ccccc2)c1P(=O)(c1ccccc1)c1ccccc1. The van der Waals surface area contributed by atoms with E-state index in [1.54, 1.807) is 0 Å². The number of hydrogen-bond acceptors (Lipinski definition) is 4. The highest BCUT2D eigenvalue weighted by Gasteiger charge is 2.42. The molecule has 0 N–H and O–H groups in total. The number of aromatic nitrogens is 2. The Balaban J connectivity index is 1.96. The lowest BCUT2D eigenvalue weighted by Gasteiger charge is -2.29. The van der Waals surface area contributed by atoms with E-state index in [1.165, 1.54) is 0 Å². The van der Waals surface area contributed by atoms with Crippen molar-refractivity contribution in [2.45, 2.75) is 13.8 Å². The zero-order valence-electron chi connectivity index (χ0n) is 20.2. The largest absolute Gasteiger partial charge is 0.309 e. The van der Waals surface area contributed by atoms with E-state index in [0.29, 0.717) is 43.2 Å². The van der Waals surface area contributed by atoms with Crippen LogP contribution in [-0.2, 0) is 9.13 Å². The summed E-state index contributed by atoms with van der Waals surface area (Å²) in [7, 11) is -6.98. The predicted molar refractivity (Wildman–Crippen MR) is 150 cm³/mol. The second-order valence-corrected chi connectivity index (χ2v) is 14.0. The molecule has 1 aromatic heterocycles. The van der Waals surface area contributed by atoms with Gasteiger partial charge in [0.25, 0.3) is 0 Å². The molecular weight excluding hydrogens is 482 g/mol. The lowest BCUT2D eigenvalue weighted by atomic mass is 10.3. The molecule has 6 heteroatoms. The zero-order valence-corrected chi connectivity index (χ0v) is 21.9. The van der Waals surface area contributed by atoms with Gasteiger partial charge in [0.1, 0.15) is 0 Å². The monoisotopic (exact) mass is 508 g/mol. The van der Waals surface area contributed by atoms with Gasteiger partial charge in [0.05, 0.1) is 22.0 Å². The van der Waals surface area contributed by atoms with E-state index in [0.717, 1.165) is 0 Å². The fourth-order valence-electron chi connectivity index (χ4n) is 4.71. The molecule has 0 aliphatic rings. The molecule has 1 heterocycles. The van der Waals surface area contributed by atoms with Crippen molar-refractivity contribution in [3.05, 3.63) is 133 Å². The van der Waals surface area contributed by atoms with Crippen molar-refractivity contribution in [1.29, 1.82) is 0 Å². The van der Waals surface area contributed by atoms with E-state index < -0.39 is 14.3 Å². The summed E-state index contributed by atoms with van der Waals surface area (Å²) in [5, 5.41) is 12.5. The van der Waals surface area contributed by atoms with Crippen LogP contribution in [0.4, 0.5) is 0 Å². The topological polar surface area (TPSA) is 59.9 Å². The Morgan fingerprint density at radius 1 is 0.417 bits per heavy atom. The number of hydrogen-bond donors (Lipinski definition) is 0. The van der Waals surface area contributed by atoms with E-state index in [1.807, 2.05) is 135 Å². The Morgan fingerprint density at radius 2 is 0.639 bits per heavy atom. The average Bonchev–Trinajstić information content (AvgIpc) is 2.95. The summed E-state index contributed by atoms with van der Waals surface area (Å²) in [6.45, 7) is 3.62. The van der Waals surface area contributed by atoms with Crippen molar-refractivity contribution in [2.75, 3.05) is 0 Å². The molecule has 0 saturated carbocycles. The van der Waals surface area contributed by atoms with Crippen molar-refractivity contribution in [3.8, 4) is 0 Å². The smallest absolute Gasteiger partial charge is 0.173 e. The summed E-state index contributed by atoms with van der Waals surface area (Å²) in [4.78, 5) is 0. The van der Waals surface area contributed by atoms with E-state index in [4.69, 9.17) is 0 Å². The Bertz CT molecular complexity index is 1380. The molecule has 0 bridgehead atoms. The maximum absolute atomic E-state index is 15.5. The maximum Gasteiger partial charge on any atom is 0.173 e. The summed E-state index contributed by atoms with van der Waals surface area (Å²) in [5.74, 6) is 0. The van der Waals surface area contributed by atoms with E-state index in [2.05, 4.69) is 10.2 Å². The van der Waals surface area contributed by atoms with Crippen LogP contribution in [0.15, 0.2) is 121 Å². The molecule has 5 aromatic rings. The van der Waals surface area contributed by atoms with Crippen molar-refractivity contribution in [1.82, 2.24) is 10.2 Å². The van der Waals surface area contributed by atoms with Crippen LogP contribution < -0.4 is 31.8 Å². The summed E-state index contributed by atoms with van der Waals surface area (Å²) >= 11 is 0. The minimum absolute atomic E-state index is 0.503. The number of benzene rings is 4. The van der Waals surface area contributed by atoms with Crippen molar-refractivity contribution in [3.63, 3.8) is 0 Å². The van der Waals surface area contributed by atoms with Crippen molar-refractivity contribution in [2.24, 2.45) is 0 Å². The average molecular weight is 508 g/mol. The van der Waals surface area contributed by atoms with Crippen LogP contribution in [0.2, 0.25) is 0 Å². The van der Waals surface area contributed by atoms with Crippen LogP contribution in [0.3, 0.4) is 0 Å². The Kier molecular flexibility index (Phi) is 6.58. The van der Waals surface area contributed by atoms with Gasteiger partial charge in [-0.3, -0.25) is 0 Å². The molecule has 0 amide bonds. The normalized spacial score (nSPS) is 11.8. The van der Waals surface area contributed by atoms with Crippen LogP contribution in [0.25, 0.3) is 0 Å². The quantitative estimate of drug-likeness (QED) is 0.320. The van der Waals surface area contributed by atoms with E-state index in [-0.39, 0.29) is 0 Å². The fraction of sp³-hybridized carbons (Fsp3) is 0.0667. The summed E-state index contributed by atoms with van der Waals surface area (Å²) in [5.41, 5.74) is 1.03. The van der Waals surface area contributed by atoms with Crippen molar-refractivity contribution < 1.29 is 9.13 Å². The summed E-state index contributed by atoms with van der Waals surface area (Å²) in [6.07, 6.45) is 0. The molecule has 0 unspecified atom stereocenters. The van der Waals surface area contributed by atoms with Crippen LogP contribution >= 0.6 is 14.3 Å². The third-order valence-corrected chi connectivity index (χ3v) is 13.0. The first-order valence-corrected chi connectivity index (χ1v) is 15.2. The molecule has 0 atom stereocenters. The predicted octanol–water partition coefficient (Wildman–Crippen LogP) is 4.37. The third kappa shape index (κ3) is 3.97. The van der Waals surface area contributed by atoms with Crippen LogP contribution in [0, 0.1) is 13.8 Å². The van der Waals surface area contributed by atoms with Gasteiger partial charge in [-0.1, -0.05) is 121 Å². The second kappa shape index (κ2) is 9.82. The summed E-state index contributed by atoms with van der Waals surface area (Å²) in [6, 6.07) is 37.7. The number of rotatable bonds is 6. The minimum atomic E-state index is -3.49. The lowest BCUT2D eigenvalue weighted by Crippen LogP contribution is -2.42. The standard InChI is InChI=1S/C30H26N2O2P2/c1-23-29(35(33,25-15-7-3-8-16-25)26-17-9-4-10-18-26)30(24(2)32-31-23)36(34,27-19-11-5-12-20-27)28-21-13-6-14-22-28/h3-22H,1-2H3. The first-order valence-electron chi connectivity index (χ1n) is 11.7. The molecule has 0 spiro atoms. The molecule has 0 radical (unpaired) electrons. The Morgan fingerprint density at radius 3 is 0.861 bits per heavy atom. The van der Waals surface area contributed by atoms with Gasteiger partial charge in [0.2, 0.25) is 0 Å². The molecule has 5 rings (SSSR count). The van der Waals surface area contributed by atoms with Crippen LogP contribution in [0.1, 0.15) is 11.4 Å². The lowest BCUT2D eigenvalue weighted by molar-refractivity contribution is 0.589. The van der Waals surface area contributed by atoms with E-state index >= 15 is 9.13 Å². The molecule has 0 fully saturated rings. The number of nitrogens with zero attached hydrogens (tertiary/aromatic N) is 2. The van der Waals surface area contributed by atoms with Gasteiger partial charge in [0.15, 0.2) is 14.3 Å². The molecule has 36 heavy (non-hydrogen) atoms.